The Hall–Kier alpha value is -1.55. The molecule has 1 aromatic carbocycles. The molecule has 4 heteroatoms. The second-order valence-electron chi connectivity index (χ2n) is 4.90. The number of carbonyl (C=O) groups excluding carboxylic acids is 1. The van der Waals surface area contributed by atoms with Crippen molar-refractivity contribution < 1.29 is 9.90 Å². The summed E-state index contributed by atoms with van der Waals surface area (Å²) < 4.78 is 0. The third kappa shape index (κ3) is 3.23. The van der Waals surface area contributed by atoms with E-state index in [2.05, 4.69) is 0 Å². The van der Waals surface area contributed by atoms with Crippen LogP contribution in [0.4, 0.5) is 0 Å². The first-order valence-electron chi connectivity index (χ1n) is 6.45. The first-order chi connectivity index (χ1) is 8.69. The number of rotatable bonds is 3. The molecule has 1 amide bonds. The van der Waals surface area contributed by atoms with Crippen molar-refractivity contribution in [3.8, 4) is 5.75 Å². The van der Waals surface area contributed by atoms with Gasteiger partial charge in [0.2, 0.25) is 5.91 Å². The molecule has 1 saturated heterocycles. The molecule has 18 heavy (non-hydrogen) atoms. The van der Waals surface area contributed by atoms with E-state index >= 15 is 0 Å². The summed E-state index contributed by atoms with van der Waals surface area (Å²) in [7, 11) is 0. The molecule has 0 unspecified atom stereocenters. The molecule has 0 radical (unpaired) electrons. The van der Waals surface area contributed by atoms with E-state index < -0.39 is 0 Å². The van der Waals surface area contributed by atoms with E-state index in [4.69, 9.17) is 5.73 Å². The smallest absolute Gasteiger partial charge is 0.226 e. The largest absolute Gasteiger partial charge is 0.508 e. The highest BCUT2D eigenvalue weighted by Crippen LogP contribution is 2.17. The van der Waals surface area contributed by atoms with Gasteiger partial charge >= 0.3 is 0 Å². The zero-order chi connectivity index (χ0) is 13.0. The van der Waals surface area contributed by atoms with E-state index in [0.717, 1.165) is 38.0 Å². The van der Waals surface area contributed by atoms with Gasteiger partial charge < -0.3 is 15.7 Å². The fourth-order valence-electron chi connectivity index (χ4n) is 2.32. The quantitative estimate of drug-likeness (QED) is 0.842. The molecule has 0 atom stereocenters. The van der Waals surface area contributed by atoms with Crippen molar-refractivity contribution in [1.29, 1.82) is 0 Å². The van der Waals surface area contributed by atoms with Gasteiger partial charge in [0, 0.05) is 13.1 Å². The highest BCUT2D eigenvalue weighted by Gasteiger charge is 2.21. The summed E-state index contributed by atoms with van der Waals surface area (Å²) in [6, 6.07) is 6.81. The van der Waals surface area contributed by atoms with Crippen LogP contribution in [0.1, 0.15) is 18.4 Å². The Morgan fingerprint density at radius 2 is 1.89 bits per heavy atom. The second-order valence-corrected chi connectivity index (χ2v) is 4.90. The zero-order valence-corrected chi connectivity index (χ0v) is 10.5. The molecule has 0 saturated carbocycles. The summed E-state index contributed by atoms with van der Waals surface area (Å²) in [5.41, 5.74) is 6.58. The molecule has 1 aromatic rings. The molecular weight excluding hydrogens is 228 g/mol. The van der Waals surface area contributed by atoms with E-state index in [1.807, 2.05) is 4.90 Å². The van der Waals surface area contributed by atoms with Crippen molar-refractivity contribution in [2.75, 3.05) is 19.6 Å². The van der Waals surface area contributed by atoms with E-state index in [1.54, 1.807) is 24.3 Å². The van der Waals surface area contributed by atoms with Gasteiger partial charge in [-0.1, -0.05) is 12.1 Å². The van der Waals surface area contributed by atoms with Crippen molar-refractivity contribution in [3.63, 3.8) is 0 Å². The molecule has 0 aromatic heterocycles. The van der Waals surface area contributed by atoms with E-state index in [-0.39, 0.29) is 11.7 Å². The first-order valence-corrected chi connectivity index (χ1v) is 6.45. The Morgan fingerprint density at radius 1 is 1.28 bits per heavy atom. The van der Waals surface area contributed by atoms with Crippen LogP contribution in [-0.4, -0.2) is 35.5 Å². The lowest BCUT2D eigenvalue weighted by atomic mass is 9.96. The molecule has 0 bridgehead atoms. The molecular formula is C14H20N2O2. The van der Waals surface area contributed by atoms with Gasteiger partial charge in [-0.15, -0.1) is 0 Å². The van der Waals surface area contributed by atoms with Gasteiger partial charge in [-0.05, 0) is 43.0 Å². The lowest BCUT2D eigenvalue weighted by Gasteiger charge is -2.31. The van der Waals surface area contributed by atoms with E-state index in [1.165, 1.54) is 0 Å². The average Bonchev–Trinajstić information content (AvgIpc) is 2.41. The van der Waals surface area contributed by atoms with Crippen LogP contribution < -0.4 is 5.73 Å². The molecule has 2 rings (SSSR count). The molecule has 1 aliphatic rings. The predicted octanol–water partition coefficient (Wildman–Crippen LogP) is 1.13. The van der Waals surface area contributed by atoms with Gasteiger partial charge in [-0.2, -0.15) is 0 Å². The van der Waals surface area contributed by atoms with Gasteiger partial charge in [0.1, 0.15) is 5.75 Å². The highest BCUT2D eigenvalue weighted by molar-refractivity contribution is 5.78. The van der Waals surface area contributed by atoms with Crippen molar-refractivity contribution in [2.24, 2.45) is 11.7 Å². The number of likely N-dealkylation sites (tertiary alicyclic amines) is 1. The van der Waals surface area contributed by atoms with Crippen LogP contribution in [0, 0.1) is 5.92 Å². The van der Waals surface area contributed by atoms with E-state index in [9.17, 15) is 9.90 Å². The number of amides is 1. The minimum atomic E-state index is 0.163. The number of benzene rings is 1. The normalized spacial score (nSPS) is 16.8. The summed E-state index contributed by atoms with van der Waals surface area (Å²) in [4.78, 5) is 14.0. The Balaban J connectivity index is 1.87. The molecule has 1 fully saturated rings. The minimum absolute atomic E-state index is 0.163. The fraction of sp³-hybridized carbons (Fsp3) is 0.500. The standard InChI is InChI=1S/C14H20N2O2/c15-10-12-5-7-16(8-6-12)14(18)9-11-1-3-13(17)4-2-11/h1-4,12,17H,5-10,15H2. The molecule has 98 valence electrons. The maximum absolute atomic E-state index is 12.1. The maximum atomic E-state index is 12.1. The number of phenols is 1. The van der Waals surface area contributed by atoms with Gasteiger partial charge in [0.15, 0.2) is 0 Å². The number of phenolic OH excluding ortho intramolecular Hbond substituents is 1. The topological polar surface area (TPSA) is 66.6 Å². The van der Waals surface area contributed by atoms with Crippen molar-refractivity contribution in [1.82, 2.24) is 4.90 Å². The number of nitrogens with two attached hydrogens (primary N) is 1. The summed E-state index contributed by atoms with van der Waals surface area (Å²) in [5.74, 6) is 0.967. The SMILES string of the molecule is NCC1CCN(C(=O)Cc2ccc(O)cc2)CC1. The van der Waals surface area contributed by atoms with Gasteiger partial charge in [-0.3, -0.25) is 4.79 Å². The number of hydrogen-bond acceptors (Lipinski definition) is 3. The van der Waals surface area contributed by atoms with Crippen LogP contribution in [0.2, 0.25) is 0 Å². The number of hydrogen-bond donors (Lipinski definition) is 2. The van der Waals surface area contributed by atoms with Crippen molar-refractivity contribution >= 4 is 5.91 Å². The Labute approximate surface area is 107 Å². The molecule has 0 spiro atoms. The number of aromatic hydroxyl groups is 1. The van der Waals surface area contributed by atoms with Crippen molar-refractivity contribution in [2.45, 2.75) is 19.3 Å². The lowest BCUT2D eigenvalue weighted by Crippen LogP contribution is -2.40. The summed E-state index contributed by atoms with van der Waals surface area (Å²) in [5, 5.41) is 9.19. The van der Waals surface area contributed by atoms with Gasteiger partial charge in [0.25, 0.3) is 0 Å². The molecule has 3 N–H and O–H groups in total. The monoisotopic (exact) mass is 248 g/mol. The zero-order valence-electron chi connectivity index (χ0n) is 10.5. The number of carbonyl (C=O) groups is 1. The molecule has 4 nitrogen and oxygen atoms in total. The van der Waals surface area contributed by atoms with Crippen LogP contribution in [0.5, 0.6) is 5.75 Å². The Kier molecular flexibility index (Phi) is 4.20. The van der Waals surface area contributed by atoms with Gasteiger partial charge in [-0.25, -0.2) is 0 Å². The van der Waals surface area contributed by atoms with Crippen LogP contribution >= 0.6 is 0 Å². The maximum Gasteiger partial charge on any atom is 0.226 e. The fourth-order valence-corrected chi connectivity index (χ4v) is 2.32. The van der Waals surface area contributed by atoms with Crippen LogP contribution in [0.25, 0.3) is 0 Å². The van der Waals surface area contributed by atoms with Crippen LogP contribution in [0.3, 0.4) is 0 Å². The Bertz CT molecular complexity index is 395. The summed E-state index contributed by atoms with van der Waals surface area (Å²) in [6.45, 7) is 2.36. The average molecular weight is 248 g/mol. The minimum Gasteiger partial charge on any atom is -0.508 e. The molecule has 0 aliphatic carbocycles. The number of nitrogens with zero attached hydrogens (tertiary/aromatic N) is 1. The third-order valence-electron chi connectivity index (χ3n) is 3.59. The second kappa shape index (κ2) is 5.87. The number of piperidine rings is 1. The highest BCUT2D eigenvalue weighted by atomic mass is 16.3. The van der Waals surface area contributed by atoms with E-state index in [0.29, 0.717) is 12.3 Å². The Morgan fingerprint density at radius 3 is 2.44 bits per heavy atom. The molecule has 1 heterocycles. The predicted molar refractivity (Wildman–Crippen MR) is 70.2 cm³/mol. The summed E-state index contributed by atoms with van der Waals surface area (Å²) >= 11 is 0. The third-order valence-corrected chi connectivity index (χ3v) is 3.59. The van der Waals surface area contributed by atoms with Crippen LogP contribution in [-0.2, 0) is 11.2 Å². The van der Waals surface area contributed by atoms with Gasteiger partial charge in [0.05, 0.1) is 6.42 Å². The van der Waals surface area contributed by atoms with Crippen LogP contribution in [0.15, 0.2) is 24.3 Å². The van der Waals surface area contributed by atoms with Crippen molar-refractivity contribution in [3.05, 3.63) is 29.8 Å². The summed E-state index contributed by atoms with van der Waals surface area (Å²) in [6.07, 6.45) is 2.43. The first kappa shape index (κ1) is 12.9. The molecule has 1 aliphatic heterocycles. The lowest BCUT2D eigenvalue weighted by molar-refractivity contribution is -0.131.